The number of aromatic amines is 1. The molecule has 0 aliphatic heterocycles. The number of nitrogen functional groups attached to an aromatic ring is 1. The molecular weight excluding hydrogens is 238 g/mol. The number of halogens is 1. The summed E-state index contributed by atoms with van der Waals surface area (Å²) in [5.41, 5.74) is 8.05. The van der Waals surface area contributed by atoms with Crippen molar-refractivity contribution in [3.63, 3.8) is 0 Å². The van der Waals surface area contributed by atoms with E-state index < -0.39 is 0 Å². The van der Waals surface area contributed by atoms with E-state index in [1.165, 1.54) is 0 Å². The number of aromatic hydroxyl groups is 1. The number of H-pyrrole nitrogens is 1. The number of nitrogens with one attached hydrogen (secondary N) is 1. The first-order valence-electron chi connectivity index (χ1n) is 5.32. The summed E-state index contributed by atoms with van der Waals surface area (Å²) in [6.07, 6.45) is 1.57. The molecule has 4 N–H and O–H groups in total. The molecule has 2 rings (SSSR count). The van der Waals surface area contributed by atoms with Crippen LogP contribution in [0, 0.1) is 0 Å². The van der Waals surface area contributed by atoms with Gasteiger partial charge in [-0.25, -0.2) is 0 Å². The lowest BCUT2D eigenvalue weighted by Gasteiger charge is -2.11. The Balaban J connectivity index is 2.65. The molecule has 0 aliphatic carbocycles. The molecule has 1 aromatic heterocycles. The number of anilines is 1. The average molecular weight is 252 g/mol. The van der Waals surface area contributed by atoms with E-state index in [1.54, 1.807) is 12.3 Å². The topological polar surface area (TPSA) is 74.9 Å². The highest BCUT2D eigenvalue weighted by Gasteiger charge is 2.15. The van der Waals surface area contributed by atoms with E-state index in [2.05, 4.69) is 24.0 Å². The van der Waals surface area contributed by atoms with E-state index in [1.807, 2.05) is 6.07 Å². The van der Waals surface area contributed by atoms with Gasteiger partial charge in [0.05, 0.1) is 11.2 Å². The van der Waals surface area contributed by atoms with Crippen LogP contribution >= 0.6 is 11.6 Å². The first-order valence-corrected chi connectivity index (χ1v) is 5.70. The predicted octanol–water partition coefficient (Wildman–Crippen LogP) is 3.14. The van der Waals surface area contributed by atoms with E-state index in [9.17, 15) is 5.11 Å². The third-order valence-corrected chi connectivity index (χ3v) is 3.00. The van der Waals surface area contributed by atoms with Gasteiger partial charge in [-0.05, 0) is 23.6 Å². The summed E-state index contributed by atoms with van der Waals surface area (Å²) in [5, 5.41) is 16.8. The van der Waals surface area contributed by atoms with Crippen molar-refractivity contribution >= 4 is 17.4 Å². The minimum Gasteiger partial charge on any atom is -0.506 e. The van der Waals surface area contributed by atoms with E-state index in [4.69, 9.17) is 17.3 Å². The molecule has 1 aromatic carbocycles. The van der Waals surface area contributed by atoms with Crippen molar-refractivity contribution in [1.29, 1.82) is 0 Å². The number of hydrogen-bond acceptors (Lipinski definition) is 3. The number of benzene rings is 1. The zero-order chi connectivity index (χ0) is 12.6. The molecule has 1 heterocycles. The molecule has 90 valence electrons. The zero-order valence-electron chi connectivity index (χ0n) is 9.66. The second-order valence-corrected chi connectivity index (χ2v) is 4.66. The third-order valence-electron chi connectivity index (χ3n) is 2.71. The molecule has 0 unspecified atom stereocenters. The molecule has 0 spiro atoms. The molecule has 17 heavy (non-hydrogen) atoms. The van der Waals surface area contributed by atoms with Crippen LogP contribution in [-0.4, -0.2) is 15.3 Å². The Morgan fingerprint density at radius 1 is 1.35 bits per heavy atom. The van der Waals surface area contributed by atoms with Gasteiger partial charge < -0.3 is 10.8 Å². The minimum absolute atomic E-state index is 0.0316. The Hall–Kier alpha value is -1.68. The van der Waals surface area contributed by atoms with Crippen LogP contribution in [-0.2, 0) is 0 Å². The molecule has 0 bridgehead atoms. The van der Waals surface area contributed by atoms with Crippen LogP contribution in [0.5, 0.6) is 5.75 Å². The van der Waals surface area contributed by atoms with Crippen molar-refractivity contribution < 1.29 is 5.11 Å². The van der Waals surface area contributed by atoms with Crippen LogP contribution in [0.2, 0.25) is 5.02 Å². The summed E-state index contributed by atoms with van der Waals surface area (Å²) < 4.78 is 0. The SMILES string of the molecule is CC(C)c1cc(Cl)c(O)c(-c2cn[nH]c2N)c1. The largest absolute Gasteiger partial charge is 0.506 e. The van der Waals surface area contributed by atoms with Crippen LogP contribution in [0.1, 0.15) is 25.3 Å². The number of phenols is 1. The molecule has 0 saturated heterocycles. The number of rotatable bonds is 2. The maximum Gasteiger partial charge on any atom is 0.142 e. The highest BCUT2D eigenvalue weighted by atomic mass is 35.5. The van der Waals surface area contributed by atoms with Crippen LogP contribution < -0.4 is 5.73 Å². The Morgan fingerprint density at radius 3 is 2.59 bits per heavy atom. The average Bonchev–Trinajstić information content (AvgIpc) is 2.68. The van der Waals surface area contributed by atoms with E-state index >= 15 is 0 Å². The second-order valence-electron chi connectivity index (χ2n) is 4.25. The van der Waals surface area contributed by atoms with Crippen molar-refractivity contribution in [1.82, 2.24) is 10.2 Å². The fourth-order valence-corrected chi connectivity index (χ4v) is 1.90. The van der Waals surface area contributed by atoms with Gasteiger partial charge in [-0.2, -0.15) is 5.10 Å². The predicted molar refractivity (Wildman–Crippen MR) is 69.2 cm³/mol. The van der Waals surface area contributed by atoms with E-state index in [0.717, 1.165) is 5.56 Å². The lowest BCUT2D eigenvalue weighted by molar-refractivity contribution is 0.477. The lowest BCUT2D eigenvalue weighted by atomic mass is 9.97. The van der Waals surface area contributed by atoms with Crippen molar-refractivity contribution in [2.75, 3.05) is 5.73 Å². The van der Waals surface area contributed by atoms with Gasteiger partial charge in [-0.15, -0.1) is 0 Å². The summed E-state index contributed by atoms with van der Waals surface area (Å²) in [6.45, 7) is 4.12. The van der Waals surface area contributed by atoms with Crippen LogP contribution in [0.4, 0.5) is 5.82 Å². The summed E-state index contributed by atoms with van der Waals surface area (Å²) in [4.78, 5) is 0. The molecular formula is C12H14ClN3O. The summed E-state index contributed by atoms with van der Waals surface area (Å²) in [7, 11) is 0. The molecule has 0 fully saturated rings. The van der Waals surface area contributed by atoms with Gasteiger partial charge in [0.15, 0.2) is 0 Å². The fraction of sp³-hybridized carbons (Fsp3) is 0.250. The standard InChI is InChI=1S/C12H14ClN3O/c1-6(2)7-3-8(11(17)10(13)4-7)9-5-15-16-12(9)14/h3-6,17H,1-2H3,(H3,14,15,16). The molecule has 0 saturated carbocycles. The van der Waals surface area contributed by atoms with Crippen molar-refractivity contribution in [3.8, 4) is 16.9 Å². The summed E-state index contributed by atoms with van der Waals surface area (Å²) >= 11 is 6.01. The summed E-state index contributed by atoms with van der Waals surface area (Å²) in [5.74, 6) is 0.765. The lowest BCUT2D eigenvalue weighted by Crippen LogP contribution is -1.92. The van der Waals surface area contributed by atoms with Gasteiger partial charge in [0.2, 0.25) is 0 Å². The normalized spacial score (nSPS) is 11.1. The molecule has 2 aromatic rings. The number of phenolic OH excluding ortho intramolecular Hbond substituents is 1. The van der Waals surface area contributed by atoms with Crippen LogP contribution in [0.3, 0.4) is 0 Å². The Labute approximate surface area is 104 Å². The molecule has 5 heteroatoms. The molecule has 0 amide bonds. The fourth-order valence-electron chi connectivity index (χ4n) is 1.67. The maximum atomic E-state index is 9.97. The highest BCUT2D eigenvalue weighted by Crippen LogP contribution is 2.39. The van der Waals surface area contributed by atoms with Crippen LogP contribution in [0.15, 0.2) is 18.3 Å². The zero-order valence-corrected chi connectivity index (χ0v) is 10.4. The van der Waals surface area contributed by atoms with Gasteiger partial charge in [0, 0.05) is 11.1 Å². The smallest absolute Gasteiger partial charge is 0.142 e. The van der Waals surface area contributed by atoms with E-state index in [0.29, 0.717) is 27.9 Å². The number of hydrogen-bond donors (Lipinski definition) is 3. The summed E-state index contributed by atoms with van der Waals surface area (Å²) in [6, 6.07) is 3.65. The molecule has 0 atom stereocenters. The van der Waals surface area contributed by atoms with Gasteiger partial charge in [-0.3, -0.25) is 5.10 Å². The molecule has 0 aliphatic rings. The minimum atomic E-state index is 0.0316. The third kappa shape index (κ3) is 2.08. The number of nitrogens with two attached hydrogens (primary N) is 1. The Bertz CT molecular complexity index is 549. The Kier molecular flexibility index (Phi) is 2.98. The Morgan fingerprint density at radius 2 is 2.06 bits per heavy atom. The quantitative estimate of drug-likeness (QED) is 0.768. The van der Waals surface area contributed by atoms with Gasteiger partial charge in [0.1, 0.15) is 11.6 Å². The number of nitrogens with zero attached hydrogens (tertiary/aromatic N) is 1. The van der Waals surface area contributed by atoms with Crippen molar-refractivity contribution in [3.05, 3.63) is 28.9 Å². The van der Waals surface area contributed by atoms with E-state index in [-0.39, 0.29) is 5.75 Å². The first kappa shape index (κ1) is 11.8. The maximum absolute atomic E-state index is 9.97. The van der Waals surface area contributed by atoms with Crippen molar-refractivity contribution in [2.24, 2.45) is 0 Å². The van der Waals surface area contributed by atoms with Crippen molar-refractivity contribution in [2.45, 2.75) is 19.8 Å². The first-order chi connectivity index (χ1) is 8.00. The number of aromatic nitrogens is 2. The molecule has 4 nitrogen and oxygen atoms in total. The highest BCUT2D eigenvalue weighted by molar-refractivity contribution is 6.32. The monoisotopic (exact) mass is 251 g/mol. The van der Waals surface area contributed by atoms with Gasteiger partial charge in [0.25, 0.3) is 0 Å². The second kappa shape index (κ2) is 4.30. The van der Waals surface area contributed by atoms with Crippen LogP contribution in [0.25, 0.3) is 11.1 Å². The van der Waals surface area contributed by atoms with Gasteiger partial charge in [-0.1, -0.05) is 25.4 Å². The van der Waals surface area contributed by atoms with Gasteiger partial charge >= 0.3 is 0 Å². The molecule has 0 radical (unpaired) electrons.